The highest BCUT2D eigenvalue weighted by Crippen LogP contribution is 2.38. The SMILES string of the molecule is CC1CCCCCN1C(=O)C1(C#N)CCCCC1. The van der Waals surface area contributed by atoms with E-state index in [-0.39, 0.29) is 5.91 Å². The summed E-state index contributed by atoms with van der Waals surface area (Å²) in [5, 5.41) is 9.50. The molecular formula is C15H24N2O. The van der Waals surface area contributed by atoms with Gasteiger partial charge in [0.05, 0.1) is 6.07 Å². The highest BCUT2D eigenvalue weighted by atomic mass is 16.2. The second kappa shape index (κ2) is 5.73. The number of carbonyl (C=O) groups is 1. The van der Waals surface area contributed by atoms with E-state index in [0.717, 1.165) is 45.1 Å². The van der Waals surface area contributed by atoms with Gasteiger partial charge in [0, 0.05) is 12.6 Å². The summed E-state index contributed by atoms with van der Waals surface area (Å²) in [6, 6.07) is 2.68. The zero-order valence-electron chi connectivity index (χ0n) is 11.5. The summed E-state index contributed by atoms with van der Waals surface area (Å²) in [5.41, 5.74) is -0.698. The van der Waals surface area contributed by atoms with E-state index < -0.39 is 5.41 Å². The number of hydrogen-bond donors (Lipinski definition) is 0. The van der Waals surface area contributed by atoms with E-state index in [1.54, 1.807) is 0 Å². The standard InChI is InChI=1S/C15H24N2O/c1-13-8-4-2-7-11-17(13)14(18)15(12-16)9-5-3-6-10-15/h13H,2-11H2,1H3. The lowest BCUT2D eigenvalue weighted by molar-refractivity contribution is -0.142. The quantitative estimate of drug-likeness (QED) is 0.715. The van der Waals surface area contributed by atoms with Crippen LogP contribution in [0.15, 0.2) is 0 Å². The first kappa shape index (κ1) is 13.4. The maximum Gasteiger partial charge on any atom is 0.243 e. The molecule has 1 atom stereocenters. The van der Waals surface area contributed by atoms with Gasteiger partial charge in [-0.3, -0.25) is 4.79 Å². The van der Waals surface area contributed by atoms with Gasteiger partial charge >= 0.3 is 0 Å². The minimum Gasteiger partial charge on any atom is -0.339 e. The second-order valence-electron chi connectivity index (χ2n) is 5.95. The summed E-state index contributed by atoms with van der Waals surface area (Å²) in [7, 11) is 0. The van der Waals surface area contributed by atoms with E-state index in [4.69, 9.17) is 0 Å². The van der Waals surface area contributed by atoms with E-state index in [1.165, 1.54) is 19.3 Å². The fourth-order valence-electron chi connectivity index (χ4n) is 3.38. The Bertz CT molecular complexity index is 339. The van der Waals surface area contributed by atoms with Crippen LogP contribution < -0.4 is 0 Å². The van der Waals surface area contributed by atoms with Crippen molar-refractivity contribution in [3.05, 3.63) is 0 Å². The molecule has 3 heteroatoms. The van der Waals surface area contributed by atoms with Crippen LogP contribution in [0.3, 0.4) is 0 Å². The number of hydrogen-bond acceptors (Lipinski definition) is 2. The second-order valence-corrected chi connectivity index (χ2v) is 5.95. The molecular weight excluding hydrogens is 224 g/mol. The average molecular weight is 248 g/mol. The van der Waals surface area contributed by atoms with Crippen molar-refractivity contribution in [2.24, 2.45) is 5.41 Å². The Morgan fingerprint density at radius 3 is 2.50 bits per heavy atom. The lowest BCUT2D eigenvalue weighted by Gasteiger charge is -2.37. The Kier molecular flexibility index (Phi) is 4.27. The molecule has 3 nitrogen and oxygen atoms in total. The summed E-state index contributed by atoms with van der Waals surface area (Å²) < 4.78 is 0. The van der Waals surface area contributed by atoms with Crippen LogP contribution in [-0.4, -0.2) is 23.4 Å². The highest BCUT2D eigenvalue weighted by molar-refractivity contribution is 5.85. The molecule has 1 aliphatic heterocycles. The van der Waals surface area contributed by atoms with E-state index in [9.17, 15) is 10.1 Å². The summed E-state index contributed by atoms with van der Waals surface area (Å²) in [4.78, 5) is 14.8. The molecule has 0 aromatic carbocycles. The minimum atomic E-state index is -0.698. The summed E-state index contributed by atoms with van der Waals surface area (Å²) in [6.07, 6.45) is 9.38. The van der Waals surface area contributed by atoms with E-state index in [0.29, 0.717) is 6.04 Å². The van der Waals surface area contributed by atoms with Crippen LogP contribution in [-0.2, 0) is 4.79 Å². The van der Waals surface area contributed by atoms with Crippen molar-refractivity contribution in [3.63, 3.8) is 0 Å². The van der Waals surface area contributed by atoms with Crippen LogP contribution in [0.1, 0.15) is 64.7 Å². The third-order valence-electron chi connectivity index (χ3n) is 4.64. The van der Waals surface area contributed by atoms with Crippen molar-refractivity contribution < 1.29 is 4.79 Å². The number of rotatable bonds is 1. The van der Waals surface area contributed by atoms with E-state index in [2.05, 4.69) is 13.0 Å². The van der Waals surface area contributed by atoms with Crippen molar-refractivity contribution in [2.45, 2.75) is 70.8 Å². The molecule has 1 heterocycles. The predicted octanol–water partition coefficient (Wildman–Crippen LogP) is 3.25. The Labute approximate surface area is 110 Å². The molecule has 1 unspecified atom stereocenters. The molecule has 0 radical (unpaired) electrons. The van der Waals surface area contributed by atoms with Crippen molar-refractivity contribution in [1.82, 2.24) is 4.90 Å². The van der Waals surface area contributed by atoms with Gasteiger partial charge in [-0.15, -0.1) is 0 Å². The molecule has 18 heavy (non-hydrogen) atoms. The average Bonchev–Trinajstić information content (AvgIpc) is 2.63. The number of nitriles is 1. The van der Waals surface area contributed by atoms with Gasteiger partial charge in [-0.2, -0.15) is 5.26 Å². The van der Waals surface area contributed by atoms with Crippen molar-refractivity contribution >= 4 is 5.91 Å². The predicted molar refractivity (Wildman–Crippen MR) is 70.8 cm³/mol. The van der Waals surface area contributed by atoms with Gasteiger partial charge in [-0.25, -0.2) is 0 Å². The van der Waals surface area contributed by atoms with Crippen LogP contribution in [0.4, 0.5) is 0 Å². The first-order chi connectivity index (χ1) is 8.69. The number of amides is 1. The maximum atomic E-state index is 12.8. The Morgan fingerprint density at radius 2 is 1.83 bits per heavy atom. The molecule has 2 aliphatic rings. The lowest BCUT2D eigenvalue weighted by Crippen LogP contribution is -2.48. The van der Waals surface area contributed by atoms with Crippen LogP contribution in [0, 0.1) is 16.7 Å². The highest BCUT2D eigenvalue weighted by Gasteiger charge is 2.43. The van der Waals surface area contributed by atoms with Gasteiger partial charge in [0.15, 0.2) is 0 Å². The Morgan fingerprint density at radius 1 is 1.17 bits per heavy atom. The topological polar surface area (TPSA) is 44.1 Å². The molecule has 0 spiro atoms. The van der Waals surface area contributed by atoms with Crippen LogP contribution in [0.5, 0.6) is 0 Å². The van der Waals surface area contributed by atoms with Crippen LogP contribution in [0.25, 0.3) is 0 Å². The largest absolute Gasteiger partial charge is 0.339 e. The van der Waals surface area contributed by atoms with Crippen molar-refractivity contribution in [3.8, 4) is 6.07 Å². The minimum absolute atomic E-state index is 0.124. The Balaban J connectivity index is 2.14. The smallest absolute Gasteiger partial charge is 0.243 e. The zero-order chi connectivity index (χ0) is 13.0. The lowest BCUT2D eigenvalue weighted by atomic mass is 9.74. The summed E-state index contributed by atoms with van der Waals surface area (Å²) >= 11 is 0. The molecule has 2 fully saturated rings. The van der Waals surface area contributed by atoms with Crippen molar-refractivity contribution in [1.29, 1.82) is 5.26 Å². The number of carbonyl (C=O) groups excluding carboxylic acids is 1. The van der Waals surface area contributed by atoms with Gasteiger partial charge < -0.3 is 4.90 Å². The first-order valence-corrected chi connectivity index (χ1v) is 7.42. The molecule has 1 amide bonds. The fraction of sp³-hybridized carbons (Fsp3) is 0.867. The van der Waals surface area contributed by atoms with E-state index in [1.807, 2.05) is 4.90 Å². The van der Waals surface area contributed by atoms with E-state index >= 15 is 0 Å². The van der Waals surface area contributed by atoms with Gasteiger partial charge in [0.25, 0.3) is 0 Å². The van der Waals surface area contributed by atoms with Gasteiger partial charge in [0.1, 0.15) is 5.41 Å². The molecule has 1 saturated heterocycles. The van der Waals surface area contributed by atoms with Gasteiger partial charge in [-0.05, 0) is 32.6 Å². The molecule has 0 aromatic rings. The van der Waals surface area contributed by atoms with Crippen molar-refractivity contribution in [2.75, 3.05) is 6.54 Å². The number of nitrogens with zero attached hydrogens (tertiary/aromatic N) is 2. The summed E-state index contributed by atoms with van der Waals surface area (Å²) in [5.74, 6) is 0.124. The molecule has 0 aromatic heterocycles. The summed E-state index contributed by atoms with van der Waals surface area (Å²) in [6.45, 7) is 2.99. The van der Waals surface area contributed by atoms with Crippen LogP contribution >= 0.6 is 0 Å². The zero-order valence-corrected chi connectivity index (χ0v) is 11.5. The molecule has 2 rings (SSSR count). The third-order valence-corrected chi connectivity index (χ3v) is 4.64. The molecule has 100 valence electrons. The molecule has 0 bridgehead atoms. The number of likely N-dealkylation sites (tertiary alicyclic amines) is 1. The maximum absolute atomic E-state index is 12.8. The first-order valence-electron chi connectivity index (χ1n) is 7.42. The molecule has 1 saturated carbocycles. The third kappa shape index (κ3) is 2.53. The normalized spacial score (nSPS) is 28.2. The van der Waals surface area contributed by atoms with Gasteiger partial charge in [-0.1, -0.05) is 32.1 Å². The van der Waals surface area contributed by atoms with Crippen LogP contribution in [0.2, 0.25) is 0 Å². The molecule has 0 N–H and O–H groups in total. The Hall–Kier alpha value is -1.04. The monoisotopic (exact) mass is 248 g/mol. The molecule has 1 aliphatic carbocycles. The van der Waals surface area contributed by atoms with Gasteiger partial charge in [0.2, 0.25) is 5.91 Å². The fourth-order valence-corrected chi connectivity index (χ4v) is 3.38.